The predicted molar refractivity (Wildman–Crippen MR) is 80.7 cm³/mol. The first-order chi connectivity index (χ1) is 9.49. The van der Waals surface area contributed by atoms with E-state index in [4.69, 9.17) is 4.52 Å². The number of likely N-dealkylation sites (N-methyl/N-ethyl adjacent to an activating group) is 1. The Morgan fingerprint density at radius 3 is 2.65 bits per heavy atom. The van der Waals surface area contributed by atoms with Crippen molar-refractivity contribution in [2.45, 2.75) is 78.2 Å². The molecule has 2 atom stereocenters. The summed E-state index contributed by atoms with van der Waals surface area (Å²) in [6, 6.07) is 0.491. The molecule has 1 fully saturated rings. The molecule has 0 aromatic carbocycles. The van der Waals surface area contributed by atoms with E-state index in [-0.39, 0.29) is 5.41 Å². The van der Waals surface area contributed by atoms with Crippen LogP contribution in [-0.4, -0.2) is 22.7 Å². The van der Waals surface area contributed by atoms with Crippen molar-refractivity contribution in [1.29, 1.82) is 0 Å². The predicted octanol–water partition coefficient (Wildman–Crippen LogP) is 3.68. The Morgan fingerprint density at radius 2 is 1.95 bits per heavy atom. The molecular weight excluding hydrogens is 250 g/mol. The van der Waals surface area contributed by atoms with Crippen LogP contribution in [0.15, 0.2) is 4.52 Å². The Hall–Kier alpha value is -0.900. The van der Waals surface area contributed by atoms with Crippen LogP contribution in [0.3, 0.4) is 0 Å². The van der Waals surface area contributed by atoms with Crippen LogP contribution in [0.2, 0.25) is 0 Å². The molecule has 0 bridgehead atoms. The summed E-state index contributed by atoms with van der Waals surface area (Å²) in [5.41, 5.74) is 0.200. The first-order valence-electron chi connectivity index (χ1n) is 8.05. The van der Waals surface area contributed by atoms with Gasteiger partial charge < -0.3 is 9.84 Å². The second kappa shape index (κ2) is 6.70. The van der Waals surface area contributed by atoms with Crippen LogP contribution in [0.1, 0.15) is 77.4 Å². The molecule has 1 saturated carbocycles. The van der Waals surface area contributed by atoms with Gasteiger partial charge in [0.2, 0.25) is 5.89 Å². The van der Waals surface area contributed by atoms with Crippen LogP contribution in [0.4, 0.5) is 0 Å². The standard InChI is InChI=1S/C16H29N3O/c1-5-17-13-10-8-6-7-9-12(13)15-18-14(19-20-15)11-16(2,3)4/h12-13,17H,5-11H2,1-4H3. The third kappa shape index (κ3) is 4.30. The molecule has 1 aromatic heterocycles. The lowest BCUT2D eigenvalue weighted by molar-refractivity contribution is 0.301. The van der Waals surface area contributed by atoms with Crippen molar-refractivity contribution < 1.29 is 4.52 Å². The quantitative estimate of drug-likeness (QED) is 0.854. The van der Waals surface area contributed by atoms with Crippen molar-refractivity contribution in [3.05, 3.63) is 11.7 Å². The average molecular weight is 279 g/mol. The molecule has 4 nitrogen and oxygen atoms in total. The lowest BCUT2D eigenvalue weighted by Gasteiger charge is -2.22. The molecule has 4 heteroatoms. The maximum Gasteiger partial charge on any atom is 0.231 e. The summed E-state index contributed by atoms with van der Waals surface area (Å²) in [5.74, 6) is 2.09. The zero-order chi connectivity index (χ0) is 14.6. The van der Waals surface area contributed by atoms with Crippen molar-refractivity contribution in [2.75, 3.05) is 6.54 Å². The van der Waals surface area contributed by atoms with E-state index in [1.807, 2.05) is 0 Å². The smallest absolute Gasteiger partial charge is 0.231 e. The van der Waals surface area contributed by atoms with Gasteiger partial charge in [0.15, 0.2) is 5.82 Å². The highest BCUT2D eigenvalue weighted by atomic mass is 16.5. The van der Waals surface area contributed by atoms with E-state index in [0.717, 1.165) is 31.1 Å². The normalized spacial score (nSPS) is 24.6. The molecule has 1 aromatic rings. The summed E-state index contributed by atoms with van der Waals surface area (Å²) in [6.07, 6.45) is 7.14. The molecule has 1 N–H and O–H groups in total. The van der Waals surface area contributed by atoms with Gasteiger partial charge in [0.05, 0.1) is 5.92 Å². The molecule has 1 aliphatic carbocycles. The molecule has 1 aliphatic rings. The number of rotatable bonds is 4. The number of nitrogens with zero attached hydrogens (tertiary/aromatic N) is 2. The molecule has 2 unspecified atom stereocenters. The second-order valence-electron chi connectivity index (χ2n) is 7.19. The average Bonchev–Trinajstić information content (AvgIpc) is 2.66. The highest BCUT2D eigenvalue weighted by Crippen LogP contribution is 2.31. The zero-order valence-corrected chi connectivity index (χ0v) is 13.4. The lowest BCUT2D eigenvalue weighted by Crippen LogP contribution is -2.34. The van der Waals surface area contributed by atoms with Gasteiger partial charge in [-0.15, -0.1) is 0 Å². The summed E-state index contributed by atoms with van der Waals surface area (Å²) in [4.78, 5) is 4.68. The number of nitrogens with one attached hydrogen (secondary N) is 1. The minimum Gasteiger partial charge on any atom is -0.339 e. The van der Waals surface area contributed by atoms with Crippen molar-refractivity contribution >= 4 is 0 Å². The fourth-order valence-electron chi connectivity index (χ4n) is 3.07. The summed E-state index contributed by atoms with van der Waals surface area (Å²) in [5, 5.41) is 7.79. The first kappa shape index (κ1) is 15.5. The number of hydrogen-bond acceptors (Lipinski definition) is 4. The third-order valence-corrected chi connectivity index (χ3v) is 3.97. The van der Waals surface area contributed by atoms with Gasteiger partial charge in [0.1, 0.15) is 0 Å². The largest absolute Gasteiger partial charge is 0.339 e. The van der Waals surface area contributed by atoms with Gasteiger partial charge in [0.25, 0.3) is 0 Å². The Balaban J connectivity index is 2.11. The number of aromatic nitrogens is 2. The molecule has 0 amide bonds. The molecule has 1 heterocycles. The maximum atomic E-state index is 5.58. The van der Waals surface area contributed by atoms with Gasteiger partial charge in [0, 0.05) is 12.5 Å². The Labute approximate surface area is 122 Å². The van der Waals surface area contributed by atoms with E-state index in [0.29, 0.717) is 12.0 Å². The van der Waals surface area contributed by atoms with Gasteiger partial charge in [-0.3, -0.25) is 0 Å². The Kier molecular flexibility index (Phi) is 5.19. The van der Waals surface area contributed by atoms with Gasteiger partial charge in [-0.25, -0.2) is 0 Å². The molecule has 0 aliphatic heterocycles. The fourth-order valence-corrected chi connectivity index (χ4v) is 3.07. The van der Waals surface area contributed by atoms with Crippen LogP contribution in [-0.2, 0) is 6.42 Å². The van der Waals surface area contributed by atoms with Crippen molar-refractivity contribution in [3.8, 4) is 0 Å². The maximum absolute atomic E-state index is 5.58. The van der Waals surface area contributed by atoms with Gasteiger partial charge in [-0.1, -0.05) is 52.1 Å². The van der Waals surface area contributed by atoms with E-state index in [1.165, 1.54) is 25.7 Å². The van der Waals surface area contributed by atoms with Crippen LogP contribution in [0, 0.1) is 5.41 Å². The van der Waals surface area contributed by atoms with E-state index < -0.39 is 0 Å². The minimum atomic E-state index is 0.200. The highest BCUT2D eigenvalue weighted by Gasteiger charge is 2.29. The molecule has 0 spiro atoms. The minimum absolute atomic E-state index is 0.200. The van der Waals surface area contributed by atoms with E-state index in [1.54, 1.807) is 0 Å². The molecule has 114 valence electrons. The summed E-state index contributed by atoms with van der Waals surface area (Å²) >= 11 is 0. The first-order valence-corrected chi connectivity index (χ1v) is 8.05. The van der Waals surface area contributed by atoms with E-state index >= 15 is 0 Å². The highest BCUT2D eigenvalue weighted by molar-refractivity contribution is 5.01. The van der Waals surface area contributed by atoms with Crippen molar-refractivity contribution in [2.24, 2.45) is 5.41 Å². The molecule has 20 heavy (non-hydrogen) atoms. The molecule has 2 rings (SSSR count). The lowest BCUT2D eigenvalue weighted by atomic mass is 9.92. The second-order valence-corrected chi connectivity index (χ2v) is 7.19. The van der Waals surface area contributed by atoms with Gasteiger partial charge >= 0.3 is 0 Å². The van der Waals surface area contributed by atoms with Crippen molar-refractivity contribution in [1.82, 2.24) is 15.5 Å². The van der Waals surface area contributed by atoms with Crippen LogP contribution >= 0.6 is 0 Å². The van der Waals surface area contributed by atoms with Crippen LogP contribution in [0.25, 0.3) is 0 Å². The van der Waals surface area contributed by atoms with Crippen molar-refractivity contribution in [3.63, 3.8) is 0 Å². The van der Waals surface area contributed by atoms with Gasteiger partial charge in [-0.2, -0.15) is 4.98 Å². The SMILES string of the molecule is CCNC1CCCCCC1c1nc(CC(C)(C)C)no1. The van der Waals surface area contributed by atoms with E-state index in [9.17, 15) is 0 Å². The molecule has 0 radical (unpaired) electrons. The third-order valence-electron chi connectivity index (χ3n) is 3.97. The molecular formula is C16H29N3O. The van der Waals surface area contributed by atoms with Crippen LogP contribution in [0.5, 0.6) is 0 Å². The zero-order valence-electron chi connectivity index (χ0n) is 13.4. The molecule has 0 saturated heterocycles. The van der Waals surface area contributed by atoms with Gasteiger partial charge in [-0.05, 0) is 24.8 Å². The topological polar surface area (TPSA) is 51.0 Å². The Morgan fingerprint density at radius 1 is 1.20 bits per heavy atom. The summed E-state index contributed by atoms with van der Waals surface area (Å²) in [6.45, 7) is 9.79. The fraction of sp³-hybridized carbons (Fsp3) is 0.875. The summed E-state index contributed by atoms with van der Waals surface area (Å²) < 4.78 is 5.58. The Bertz CT molecular complexity index is 408. The van der Waals surface area contributed by atoms with E-state index in [2.05, 4.69) is 43.2 Å². The van der Waals surface area contributed by atoms with Crippen LogP contribution < -0.4 is 5.32 Å². The summed E-state index contributed by atoms with van der Waals surface area (Å²) in [7, 11) is 0. The monoisotopic (exact) mass is 279 g/mol. The number of hydrogen-bond donors (Lipinski definition) is 1.